The average molecular weight is 180 g/mol. The van der Waals surface area contributed by atoms with E-state index in [9.17, 15) is 5.11 Å². The normalized spacial score (nSPS) is 20.0. The Bertz CT molecular complexity index is 131. The fraction of sp³-hybridized carbons (Fsp3) is 0.667. The van der Waals surface area contributed by atoms with Gasteiger partial charge in [0.15, 0.2) is 0 Å². The fourth-order valence-corrected chi connectivity index (χ4v) is 1.70. The van der Waals surface area contributed by atoms with Crippen molar-refractivity contribution in [3.05, 3.63) is 11.6 Å². The molecule has 0 aliphatic carbocycles. The molecular formula is C6H10ClNOS. The lowest BCUT2D eigenvalue weighted by Gasteiger charge is -2.20. The number of nitrogens with zero attached hydrogens (tertiary/aromatic N) is 1. The van der Waals surface area contributed by atoms with E-state index >= 15 is 0 Å². The molecule has 0 spiro atoms. The summed E-state index contributed by atoms with van der Waals surface area (Å²) >= 11 is 7.14. The number of halogens is 1. The van der Waals surface area contributed by atoms with Crippen LogP contribution in [0.15, 0.2) is 11.6 Å². The van der Waals surface area contributed by atoms with Crippen LogP contribution in [0, 0.1) is 0 Å². The fourth-order valence-electron chi connectivity index (χ4n) is 0.742. The Morgan fingerprint density at radius 1 is 1.80 bits per heavy atom. The summed E-state index contributed by atoms with van der Waals surface area (Å²) in [5, 5.41) is 11.3. The van der Waals surface area contributed by atoms with Crippen LogP contribution in [0.25, 0.3) is 0 Å². The van der Waals surface area contributed by atoms with Crippen LogP contribution in [0.4, 0.5) is 0 Å². The topological polar surface area (TPSA) is 23.5 Å². The monoisotopic (exact) mass is 179 g/mol. The maximum Gasteiger partial charge on any atom is 0.128 e. The minimum absolute atomic E-state index is 0.399. The van der Waals surface area contributed by atoms with E-state index in [-0.39, 0.29) is 0 Å². The highest BCUT2D eigenvalue weighted by Crippen LogP contribution is 2.18. The molecule has 0 aromatic rings. The molecule has 0 amide bonds. The summed E-state index contributed by atoms with van der Waals surface area (Å²) in [6.07, 6.45) is 2.12. The van der Waals surface area contributed by atoms with Gasteiger partial charge in [0, 0.05) is 18.5 Å². The van der Waals surface area contributed by atoms with Crippen LogP contribution in [-0.4, -0.2) is 28.0 Å². The summed E-state index contributed by atoms with van der Waals surface area (Å²) in [7, 11) is 0. The third-order valence-corrected chi connectivity index (χ3v) is 2.30. The van der Waals surface area contributed by atoms with Crippen molar-refractivity contribution in [3.8, 4) is 0 Å². The van der Waals surface area contributed by atoms with Crippen molar-refractivity contribution in [2.24, 2.45) is 0 Å². The molecule has 2 nitrogen and oxygen atoms in total. The Kier molecular flexibility index (Phi) is 3.39. The van der Waals surface area contributed by atoms with E-state index in [0.29, 0.717) is 12.3 Å². The van der Waals surface area contributed by atoms with Crippen LogP contribution in [0.5, 0.6) is 0 Å². The highest BCUT2D eigenvalue weighted by molar-refractivity contribution is 8.02. The smallest absolute Gasteiger partial charge is 0.128 e. The minimum Gasteiger partial charge on any atom is -0.374 e. The van der Waals surface area contributed by atoms with E-state index in [1.807, 2.05) is 16.5 Å². The molecule has 1 aliphatic heterocycles. The van der Waals surface area contributed by atoms with Gasteiger partial charge in [0.1, 0.15) is 6.23 Å². The molecule has 1 aliphatic rings. The molecule has 10 heavy (non-hydrogen) atoms. The molecule has 0 saturated heterocycles. The summed E-state index contributed by atoms with van der Waals surface area (Å²) in [5.41, 5.74) is 0. The van der Waals surface area contributed by atoms with Crippen LogP contribution in [-0.2, 0) is 0 Å². The average Bonchev–Trinajstić information content (AvgIpc) is 2.38. The molecule has 0 fully saturated rings. The molecule has 0 unspecified atom stereocenters. The number of hydrogen-bond donors (Lipinski definition) is 1. The third-order valence-electron chi connectivity index (χ3n) is 1.32. The van der Waals surface area contributed by atoms with Gasteiger partial charge in [-0.15, -0.1) is 23.4 Å². The van der Waals surface area contributed by atoms with Gasteiger partial charge >= 0.3 is 0 Å². The zero-order valence-corrected chi connectivity index (χ0v) is 7.11. The lowest BCUT2D eigenvalue weighted by Crippen LogP contribution is -2.28. The molecular weight excluding hydrogens is 170 g/mol. The van der Waals surface area contributed by atoms with Crippen molar-refractivity contribution in [1.82, 2.24) is 4.90 Å². The standard InChI is InChI=1S/C6H10ClNOS/c7-2-1-6(9)8-3-4-10-5-8/h3-4,6,9H,1-2,5H2/t6-/m1/s1. The molecule has 0 saturated carbocycles. The molecule has 0 radical (unpaired) electrons. The summed E-state index contributed by atoms with van der Waals surface area (Å²) in [6.45, 7) is 0. The van der Waals surface area contributed by atoms with E-state index in [1.165, 1.54) is 0 Å². The van der Waals surface area contributed by atoms with Crippen molar-refractivity contribution in [2.75, 3.05) is 11.8 Å². The molecule has 4 heteroatoms. The third kappa shape index (κ3) is 2.08. The van der Waals surface area contributed by atoms with E-state index in [2.05, 4.69) is 0 Å². The van der Waals surface area contributed by atoms with Crippen molar-refractivity contribution >= 4 is 23.4 Å². The zero-order valence-electron chi connectivity index (χ0n) is 5.53. The summed E-state index contributed by atoms with van der Waals surface area (Å²) < 4.78 is 0. The lowest BCUT2D eigenvalue weighted by atomic mass is 10.4. The van der Waals surface area contributed by atoms with Crippen LogP contribution in [0.3, 0.4) is 0 Å². The quantitative estimate of drug-likeness (QED) is 0.663. The van der Waals surface area contributed by atoms with Gasteiger partial charge in [-0.2, -0.15) is 0 Å². The van der Waals surface area contributed by atoms with Crippen LogP contribution >= 0.6 is 23.4 Å². The number of alkyl halides is 1. The Balaban J connectivity index is 2.26. The Morgan fingerprint density at radius 2 is 2.60 bits per heavy atom. The SMILES string of the molecule is O[C@H](CCCl)N1C=CSC1. The van der Waals surface area contributed by atoms with Gasteiger partial charge in [-0.05, 0) is 5.41 Å². The summed E-state index contributed by atoms with van der Waals surface area (Å²) in [6, 6.07) is 0. The van der Waals surface area contributed by atoms with E-state index in [1.54, 1.807) is 11.8 Å². The Hall–Kier alpha value is 0.140. The largest absolute Gasteiger partial charge is 0.374 e. The number of aliphatic hydroxyl groups is 1. The number of hydrogen-bond acceptors (Lipinski definition) is 3. The van der Waals surface area contributed by atoms with Crippen LogP contribution in [0.1, 0.15) is 6.42 Å². The van der Waals surface area contributed by atoms with E-state index < -0.39 is 6.23 Å². The number of thioether (sulfide) groups is 1. The first-order chi connectivity index (χ1) is 4.84. The first-order valence-electron chi connectivity index (χ1n) is 3.12. The second-order valence-electron chi connectivity index (χ2n) is 2.05. The van der Waals surface area contributed by atoms with Crippen molar-refractivity contribution < 1.29 is 5.11 Å². The zero-order chi connectivity index (χ0) is 7.40. The molecule has 1 N–H and O–H groups in total. The predicted molar refractivity (Wildman–Crippen MR) is 44.8 cm³/mol. The molecule has 1 rings (SSSR count). The molecule has 1 heterocycles. The van der Waals surface area contributed by atoms with Gasteiger partial charge in [-0.25, -0.2) is 0 Å². The number of rotatable bonds is 3. The molecule has 58 valence electrons. The van der Waals surface area contributed by atoms with Crippen molar-refractivity contribution in [1.29, 1.82) is 0 Å². The van der Waals surface area contributed by atoms with Gasteiger partial charge in [0.05, 0.1) is 5.88 Å². The highest BCUT2D eigenvalue weighted by Gasteiger charge is 2.13. The van der Waals surface area contributed by atoms with Crippen molar-refractivity contribution in [2.45, 2.75) is 12.6 Å². The van der Waals surface area contributed by atoms with Gasteiger partial charge < -0.3 is 10.0 Å². The van der Waals surface area contributed by atoms with Gasteiger partial charge in [-0.1, -0.05) is 0 Å². The lowest BCUT2D eigenvalue weighted by molar-refractivity contribution is 0.0501. The van der Waals surface area contributed by atoms with Gasteiger partial charge in [0.25, 0.3) is 0 Å². The molecule has 0 aromatic heterocycles. The minimum atomic E-state index is -0.399. The van der Waals surface area contributed by atoms with E-state index in [4.69, 9.17) is 11.6 Å². The summed E-state index contributed by atoms with van der Waals surface area (Å²) in [5.74, 6) is 1.36. The summed E-state index contributed by atoms with van der Waals surface area (Å²) in [4.78, 5) is 1.87. The van der Waals surface area contributed by atoms with Crippen LogP contribution in [0.2, 0.25) is 0 Å². The predicted octanol–water partition coefficient (Wildman–Crippen LogP) is 1.41. The van der Waals surface area contributed by atoms with Gasteiger partial charge in [-0.3, -0.25) is 0 Å². The van der Waals surface area contributed by atoms with Crippen molar-refractivity contribution in [3.63, 3.8) is 0 Å². The maximum atomic E-state index is 9.33. The molecule has 1 atom stereocenters. The molecule has 0 aromatic carbocycles. The Labute approximate surface area is 69.8 Å². The first-order valence-corrected chi connectivity index (χ1v) is 4.71. The van der Waals surface area contributed by atoms with E-state index in [0.717, 1.165) is 5.88 Å². The second-order valence-corrected chi connectivity index (χ2v) is 3.30. The highest BCUT2D eigenvalue weighted by atomic mass is 35.5. The molecule has 0 bridgehead atoms. The van der Waals surface area contributed by atoms with Gasteiger partial charge in [0.2, 0.25) is 0 Å². The first kappa shape index (κ1) is 8.24. The maximum absolute atomic E-state index is 9.33. The second kappa shape index (κ2) is 4.11. The Morgan fingerprint density at radius 3 is 3.10 bits per heavy atom. The van der Waals surface area contributed by atoms with Crippen LogP contribution < -0.4 is 0 Å². The number of aliphatic hydroxyl groups excluding tert-OH is 1.